The summed E-state index contributed by atoms with van der Waals surface area (Å²) in [7, 11) is -4.07. The van der Waals surface area contributed by atoms with Gasteiger partial charge >= 0.3 is 6.18 Å². The first-order chi connectivity index (χ1) is 19.8. The van der Waals surface area contributed by atoms with Crippen molar-refractivity contribution in [3.8, 4) is 17.1 Å². The number of anilines is 2. The van der Waals surface area contributed by atoms with Crippen molar-refractivity contribution in [1.29, 1.82) is 0 Å². The quantitative estimate of drug-likeness (QED) is 0.199. The van der Waals surface area contributed by atoms with Crippen molar-refractivity contribution in [2.45, 2.75) is 57.2 Å². The molecule has 3 N–H and O–H groups in total. The predicted octanol–water partition coefficient (Wildman–Crippen LogP) is 7.17. The van der Waals surface area contributed by atoms with Crippen LogP contribution in [0.3, 0.4) is 0 Å². The fourth-order valence-corrected chi connectivity index (χ4v) is 5.99. The third-order valence-corrected chi connectivity index (χ3v) is 8.90. The van der Waals surface area contributed by atoms with Crippen LogP contribution in [0, 0.1) is 19.3 Å². The summed E-state index contributed by atoms with van der Waals surface area (Å²) < 4.78 is 75.1. The summed E-state index contributed by atoms with van der Waals surface area (Å²) in [6.07, 6.45) is -4.51. The van der Waals surface area contributed by atoms with E-state index in [1.165, 1.54) is 18.2 Å². The second-order valence-corrected chi connectivity index (χ2v) is 12.5. The zero-order chi connectivity index (χ0) is 30.3. The Hall–Kier alpha value is -4.12. The number of ether oxygens (including phenoxy) is 1. The Morgan fingerprint density at radius 3 is 2.21 bits per heavy atom. The number of alkyl halides is 3. The van der Waals surface area contributed by atoms with Crippen LogP contribution in [0.5, 0.6) is 5.88 Å². The number of nitrogens with one attached hydrogen (secondary N) is 1. The Bertz CT molecular complexity index is 1700. The summed E-state index contributed by atoms with van der Waals surface area (Å²) >= 11 is 0. The van der Waals surface area contributed by atoms with Gasteiger partial charge in [0.15, 0.2) is 0 Å². The minimum absolute atomic E-state index is 0.0435. The first-order valence-electron chi connectivity index (χ1n) is 13.4. The van der Waals surface area contributed by atoms with Crippen molar-refractivity contribution in [2.24, 2.45) is 5.41 Å². The van der Waals surface area contributed by atoms with Crippen molar-refractivity contribution < 1.29 is 26.3 Å². The van der Waals surface area contributed by atoms with E-state index < -0.39 is 27.7 Å². The number of sulfonamides is 1. The Morgan fingerprint density at radius 2 is 1.62 bits per heavy atom. The Labute approximate surface area is 243 Å². The van der Waals surface area contributed by atoms with Crippen molar-refractivity contribution >= 4 is 21.7 Å². The maximum Gasteiger partial charge on any atom is 0.394 e. The molecule has 0 amide bonds. The molecular formula is C31H31F3N4O3S. The molecule has 5 rings (SSSR count). The van der Waals surface area contributed by atoms with Gasteiger partial charge in [0, 0.05) is 17.3 Å². The van der Waals surface area contributed by atoms with Crippen molar-refractivity contribution in [1.82, 2.24) is 9.97 Å². The maximum absolute atomic E-state index is 13.4. The molecule has 0 saturated heterocycles. The smallest absolute Gasteiger partial charge is 0.394 e. The summed E-state index contributed by atoms with van der Waals surface area (Å²) in [6.45, 7) is 5.64. The van der Waals surface area contributed by atoms with E-state index in [1.54, 1.807) is 43.3 Å². The van der Waals surface area contributed by atoms with Gasteiger partial charge in [0.2, 0.25) is 11.8 Å². The summed E-state index contributed by atoms with van der Waals surface area (Å²) in [5.41, 5.74) is 8.93. The molecule has 1 fully saturated rings. The molecule has 220 valence electrons. The zero-order valence-corrected chi connectivity index (χ0v) is 24.2. The standard InChI is InChI=1S/C31H31F3N4O3S/c1-19-6-4-7-20(2)28(19)26-17-27(37-29(36-26)38-42(39,40)25-9-5-8-24(35)16-25)41-21(3)23-12-10-22(11-13-23)18-30(14-15-30)31(32,33)34/h4-13,16-17,21H,14-15,18,35H2,1-3H3,(H,36,37,38). The van der Waals surface area contributed by atoms with Crippen LogP contribution in [0.1, 0.15) is 48.1 Å². The molecule has 0 spiro atoms. The van der Waals surface area contributed by atoms with E-state index in [-0.39, 0.29) is 41.7 Å². The summed E-state index contributed by atoms with van der Waals surface area (Å²) in [6, 6.07) is 20.1. The zero-order valence-electron chi connectivity index (χ0n) is 23.4. The van der Waals surface area contributed by atoms with Crippen LogP contribution < -0.4 is 15.2 Å². The molecule has 42 heavy (non-hydrogen) atoms. The minimum atomic E-state index is -4.21. The van der Waals surface area contributed by atoms with Crippen molar-refractivity contribution in [2.75, 3.05) is 10.5 Å². The molecule has 1 atom stereocenters. The van der Waals surface area contributed by atoms with Crippen LogP contribution in [0.4, 0.5) is 24.8 Å². The lowest BCUT2D eigenvalue weighted by molar-refractivity contribution is -0.186. The van der Waals surface area contributed by atoms with Gasteiger partial charge in [-0.15, -0.1) is 0 Å². The van der Waals surface area contributed by atoms with Crippen molar-refractivity contribution in [3.05, 3.63) is 95.1 Å². The molecule has 1 saturated carbocycles. The van der Waals surface area contributed by atoms with Crippen LogP contribution in [0.2, 0.25) is 0 Å². The first kappa shape index (κ1) is 29.4. The number of benzene rings is 3. The van der Waals surface area contributed by atoms with Crippen LogP contribution in [0.15, 0.2) is 77.7 Å². The van der Waals surface area contributed by atoms with Gasteiger partial charge in [0.25, 0.3) is 10.0 Å². The molecule has 1 unspecified atom stereocenters. The van der Waals surface area contributed by atoms with E-state index in [0.29, 0.717) is 11.3 Å². The molecular weight excluding hydrogens is 565 g/mol. The molecule has 1 aliphatic carbocycles. The number of halogens is 3. The maximum atomic E-state index is 13.4. The van der Waals surface area contributed by atoms with E-state index in [1.807, 2.05) is 32.0 Å². The highest BCUT2D eigenvalue weighted by molar-refractivity contribution is 7.92. The second-order valence-electron chi connectivity index (χ2n) is 10.8. The third-order valence-electron chi connectivity index (χ3n) is 7.58. The van der Waals surface area contributed by atoms with Gasteiger partial charge in [0.1, 0.15) is 6.10 Å². The van der Waals surface area contributed by atoms with Crippen LogP contribution in [0.25, 0.3) is 11.3 Å². The molecule has 7 nitrogen and oxygen atoms in total. The van der Waals surface area contributed by atoms with Gasteiger partial charge in [-0.3, -0.25) is 0 Å². The van der Waals surface area contributed by atoms with Crippen LogP contribution in [-0.4, -0.2) is 24.6 Å². The number of nitrogens with two attached hydrogens (primary N) is 1. The second kappa shape index (κ2) is 10.9. The number of aryl methyl sites for hydroxylation is 2. The molecule has 4 aromatic rings. The van der Waals surface area contributed by atoms with E-state index >= 15 is 0 Å². The highest BCUT2D eigenvalue weighted by Gasteiger charge is 2.62. The van der Waals surface area contributed by atoms with Crippen LogP contribution in [-0.2, 0) is 16.4 Å². The van der Waals surface area contributed by atoms with Gasteiger partial charge in [-0.2, -0.15) is 18.2 Å². The largest absolute Gasteiger partial charge is 0.470 e. The summed E-state index contributed by atoms with van der Waals surface area (Å²) in [4.78, 5) is 8.80. The number of rotatable bonds is 9. The number of hydrogen-bond donors (Lipinski definition) is 2. The van der Waals surface area contributed by atoms with E-state index in [9.17, 15) is 21.6 Å². The predicted molar refractivity (Wildman–Crippen MR) is 156 cm³/mol. The minimum Gasteiger partial charge on any atom is -0.470 e. The average molecular weight is 597 g/mol. The monoisotopic (exact) mass is 596 g/mol. The number of aromatic nitrogens is 2. The highest BCUT2D eigenvalue weighted by Crippen LogP contribution is 2.59. The summed E-state index contributed by atoms with van der Waals surface area (Å²) in [5, 5.41) is 0. The van der Waals surface area contributed by atoms with Gasteiger partial charge in [-0.25, -0.2) is 18.1 Å². The van der Waals surface area contributed by atoms with E-state index in [2.05, 4.69) is 14.7 Å². The number of hydrogen-bond acceptors (Lipinski definition) is 6. The number of nitrogens with zero attached hydrogens (tertiary/aromatic N) is 2. The third kappa shape index (κ3) is 6.20. The average Bonchev–Trinajstić information content (AvgIpc) is 3.70. The Balaban J connectivity index is 1.44. The van der Waals surface area contributed by atoms with E-state index in [0.717, 1.165) is 22.3 Å². The fourth-order valence-electron chi connectivity index (χ4n) is 5.00. The van der Waals surface area contributed by atoms with Gasteiger partial charge in [-0.1, -0.05) is 48.5 Å². The van der Waals surface area contributed by atoms with Crippen LogP contribution >= 0.6 is 0 Å². The normalized spacial score (nSPS) is 15.2. The first-order valence-corrected chi connectivity index (χ1v) is 14.9. The fraction of sp³-hybridized carbons (Fsp3) is 0.290. The van der Waals surface area contributed by atoms with Gasteiger partial charge in [-0.05, 0) is 80.5 Å². The topological polar surface area (TPSA) is 107 Å². The molecule has 1 aliphatic rings. The van der Waals surface area contributed by atoms with E-state index in [4.69, 9.17) is 10.5 Å². The lowest BCUT2D eigenvalue weighted by Gasteiger charge is -2.20. The van der Waals surface area contributed by atoms with Gasteiger partial charge in [0.05, 0.1) is 16.0 Å². The molecule has 0 bridgehead atoms. The van der Waals surface area contributed by atoms with Crippen molar-refractivity contribution in [3.63, 3.8) is 0 Å². The molecule has 11 heteroatoms. The molecule has 0 aliphatic heterocycles. The molecule has 1 aromatic heterocycles. The Morgan fingerprint density at radius 1 is 0.976 bits per heavy atom. The van der Waals surface area contributed by atoms with Gasteiger partial charge < -0.3 is 10.5 Å². The lowest BCUT2D eigenvalue weighted by atomic mass is 9.95. The molecule has 0 radical (unpaired) electrons. The SMILES string of the molecule is Cc1cccc(C)c1-c1cc(OC(C)c2ccc(CC3(C(F)(F)F)CC3)cc2)nc(NS(=O)(=O)c2cccc(N)c2)n1. The Kier molecular flexibility index (Phi) is 7.65. The number of nitrogen functional groups attached to an aromatic ring is 1. The highest BCUT2D eigenvalue weighted by atomic mass is 32.2. The lowest BCUT2D eigenvalue weighted by Crippen LogP contribution is -2.26. The summed E-state index contributed by atoms with van der Waals surface area (Å²) in [5.74, 6) is -0.0597. The molecule has 3 aromatic carbocycles. The molecule has 1 heterocycles.